The van der Waals surface area contributed by atoms with Crippen LogP contribution >= 0.6 is 0 Å². The summed E-state index contributed by atoms with van der Waals surface area (Å²) >= 11 is 0. The number of benzene rings is 1. The Morgan fingerprint density at radius 1 is 1.57 bits per heavy atom. The number of hydrogen-bond donors (Lipinski definition) is 1. The number of carbonyl (C=O) groups is 1. The Labute approximate surface area is 123 Å². The summed E-state index contributed by atoms with van der Waals surface area (Å²) in [5.74, 6) is -0.178. The van der Waals surface area contributed by atoms with E-state index in [9.17, 15) is 14.9 Å². The number of nitro groups is 1. The van der Waals surface area contributed by atoms with Crippen LogP contribution in [0.3, 0.4) is 0 Å². The molecule has 1 atom stereocenters. The number of amides is 1. The number of ether oxygens (including phenoxy) is 1. The van der Waals surface area contributed by atoms with Crippen LogP contribution in [0.1, 0.15) is 12.5 Å². The van der Waals surface area contributed by atoms with Crippen molar-refractivity contribution in [2.75, 3.05) is 31.6 Å². The Morgan fingerprint density at radius 3 is 3.00 bits per heavy atom. The molecule has 0 bridgehead atoms. The van der Waals surface area contributed by atoms with Gasteiger partial charge in [-0.2, -0.15) is 0 Å². The lowest BCUT2D eigenvalue weighted by Gasteiger charge is -2.30. The number of aryl methyl sites for hydroxylation is 1. The van der Waals surface area contributed by atoms with Gasteiger partial charge in [0.15, 0.2) is 0 Å². The van der Waals surface area contributed by atoms with E-state index in [0.29, 0.717) is 30.9 Å². The van der Waals surface area contributed by atoms with Crippen LogP contribution in [0.25, 0.3) is 0 Å². The number of hydrogen-bond acceptors (Lipinski definition) is 5. The van der Waals surface area contributed by atoms with Gasteiger partial charge < -0.3 is 10.1 Å². The van der Waals surface area contributed by atoms with Crippen molar-refractivity contribution in [1.29, 1.82) is 0 Å². The maximum absolute atomic E-state index is 12.0. The molecule has 1 aliphatic rings. The zero-order valence-electron chi connectivity index (χ0n) is 12.2. The monoisotopic (exact) mass is 293 g/mol. The van der Waals surface area contributed by atoms with E-state index in [1.807, 2.05) is 11.8 Å². The van der Waals surface area contributed by atoms with Crippen molar-refractivity contribution >= 4 is 17.3 Å². The standard InChI is InChI=1S/C14H19N3O4/c1-10-3-4-12(7-13(10)17(19)20)15-14(18)9-16-5-6-21-11(2)8-16/h3-4,7,11H,5-6,8-9H2,1-2H3,(H,15,18). The third-order valence-corrected chi connectivity index (χ3v) is 3.38. The van der Waals surface area contributed by atoms with Crippen molar-refractivity contribution in [3.05, 3.63) is 33.9 Å². The van der Waals surface area contributed by atoms with Crippen LogP contribution in [-0.4, -0.2) is 48.1 Å². The van der Waals surface area contributed by atoms with Gasteiger partial charge in [0, 0.05) is 30.4 Å². The van der Waals surface area contributed by atoms with E-state index in [1.165, 1.54) is 6.07 Å². The summed E-state index contributed by atoms with van der Waals surface area (Å²) in [5, 5.41) is 13.6. The molecule has 1 aliphatic heterocycles. The second-order valence-electron chi connectivity index (χ2n) is 5.22. The van der Waals surface area contributed by atoms with Crippen LogP contribution in [0.15, 0.2) is 18.2 Å². The van der Waals surface area contributed by atoms with Gasteiger partial charge in [-0.15, -0.1) is 0 Å². The van der Waals surface area contributed by atoms with Crippen molar-refractivity contribution in [1.82, 2.24) is 4.90 Å². The van der Waals surface area contributed by atoms with Crippen molar-refractivity contribution in [2.45, 2.75) is 20.0 Å². The lowest BCUT2D eigenvalue weighted by atomic mass is 10.2. The van der Waals surface area contributed by atoms with Gasteiger partial charge in [0.2, 0.25) is 5.91 Å². The Balaban J connectivity index is 1.96. The van der Waals surface area contributed by atoms with Gasteiger partial charge in [0.05, 0.1) is 24.2 Å². The zero-order chi connectivity index (χ0) is 15.4. The van der Waals surface area contributed by atoms with Crippen LogP contribution < -0.4 is 5.32 Å². The number of carbonyl (C=O) groups excluding carboxylic acids is 1. The molecule has 0 saturated carbocycles. The van der Waals surface area contributed by atoms with Crippen LogP contribution in [0, 0.1) is 17.0 Å². The third-order valence-electron chi connectivity index (χ3n) is 3.38. The molecule has 1 saturated heterocycles. The summed E-state index contributed by atoms with van der Waals surface area (Å²) in [6, 6.07) is 4.68. The second kappa shape index (κ2) is 6.64. The predicted molar refractivity (Wildman–Crippen MR) is 78.3 cm³/mol. The first-order valence-electron chi connectivity index (χ1n) is 6.84. The molecule has 1 aromatic rings. The number of nitro benzene ring substituents is 1. The van der Waals surface area contributed by atoms with Gasteiger partial charge in [0.25, 0.3) is 5.69 Å². The molecule has 21 heavy (non-hydrogen) atoms. The summed E-state index contributed by atoms with van der Waals surface area (Å²) in [7, 11) is 0. The van der Waals surface area contributed by atoms with Crippen LogP contribution in [0.5, 0.6) is 0 Å². The van der Waals surface area contributed by atoms with Gasteiger partial charge in [0.1, 0.15) is 0 Å². The van der Waals surface area contributed by atoms with Gasteiger partial charge in [-0.3, -0.25) is 19.8 Å². The quantitative estimate of drug-likeness (QED) is 0.672. The molecule has 0 aliphatic carbocycles. The molecular formula is C14H19N3O4. The minimum Gasteiger partial charge on any atom is -0.376 e. The largest absolute Gasteiger partial charge is 0.376 e. The Kier molecular flexibility index (Phi) is 4.87. The highest BCUT2D eigenvalue weighted by molar-refractivity contribution is 5.92. The van der Waals surface area contributed by atoms with Gasteiger partial charge in [-0.05, 0) is 19.9 Å². The fourth-order valence-corrected chi connectivity index (χ4v) is 2.32. The molecule has 2 rings (SSSR count). The van der Waals surface area contributed by atoms with Crippen molar-refractivity contribution in [3.8, 4) is 0 Å². The fourth-order valence-electron chi connectivity index (χ4n) is 2.32. The van der Waals surface area contributed by atoms with E-state index in [0.717, 1.165) is 0 Å². The second-order valence-corrected chi connectivity index (χ2v) is 5.22. The van der Waals surface area contributed by atoms with E-state index >= 15 is 0 Å². The Hall–Kier alpha value is -1.99. The highest BCUT2D eigenvalue weighted by Gasteiger charge is 2.19. The first-order valence-corrected chi connectivity index (χ1v) is 6.84. The lowest BCUT2D eigenvalue weighted by molar-refractivity contribution is -0.385. The minimum atomic E-state index is -0.450. The van der Waals surface area contributed by atoms with E-state index in [2.05, 4.69) is 5.32 Å². The van der Waals surface area contributed by atoms with Crippen LogP contribution in [0.4, 0.5) is 11.4 Å². The summed E-state index contributed by atoms with van der Waals surface area (Å²) in [6.45, 7) is 5.93. The number of rotatable bonds is 4. The summed E-state index contributed by atoms with van der Waals surface area (Å²) in [6.07, 6.45) is 0.118. The molecule has 0 radical (unpaired) electrons. The van der Waals surface area contributed by atoms with Crippen LogP contribution in [-0.2, 0) is 9.53 Å². The predicted octanol–water partition coefficient (Wildman–Crippen LogP) is 1.56. The molecular weight excluding hydrogens is 274 g/mol. The van der Waals surface area contributed by atoms with E-state index in [-0.39, 0.29) is 24.2 Å². The molecule has 7 nitrogen and oxygen atoms in total. The molecule has 1 unspecified atom stereocenters. The molecule has 0 spiro atoms. The van der Waals surface area contributed by atoms with E-state index in [4.69, 9.17) is 4.74 Å². The average Bonchev–Trinajstić information content (AvgIpc) is 2.40. The topological polar surface area (TPSA) is 84.7 Å². The van der Waals surface area contributed by atoms with Crippen molar-refractivity contribution < 1.29 is 14.5 Å². The third kappa shape index (κ3) is 4.24. The van der Waals surface area contributed by atoms with Crippen molar-refractivity contribution in [2.24, 2.45) is 0 Å². The first kappa shape index (κ1) is 15.4. The Morgan fingerprint density at radius 2 is 2.33 bits per heavy atom. The number of anilines is 1. The van der Waals surface area contributed by atoms with Gasteiger partial charge in [-0.25, -0.2) is 0 Å². The highest BCUT2D eigenvalue weighted by Crippen LogP contribution is 2.22. The fraction of sp³-hybridized carbons (Fsp3) is 0.500. The zero-order valence-corrected chi connectivity index (χ0v) is 12.2. The van der Waals surface area contributed by atoms with Crippen molar-refractivity contribution in [3.63, 3.8) is 0 Å². The summed E-state index contributed by atoms with van der Waals surface area (Å²) in [4.78, 5) is 24.4. The maximum atomic E-state index is 12.0. The van der Waals surface area contributed by atoms with E-state index in [1.54, 1.807) is 19.1 Å². The minimum absolute atomic E-state index is 0.00722. The Bertz CT molecular complexity index is 547. The molecule has 1 amide bonds. The molecule has 1 heterocycles. The normalized spacial score (nSPS) is 19.2. The average molecular weight is 293 g/mol. The molecule has 0 aromatic heterocycles. The summed E-state index contributed by atoms with van der Waals surface area (Å²) < 4.78 is 5.41. The number of nitrogens with one attached hydrogen (secondary N) is 1. The SMILES string of the molecule is Cc1ccc(NC(=O)CN2CCOC(C)C2)cc1[N+](=O)[O-]. The maximum Gasteiger partial charge on any atom is 0.274 e. The molecule has 1 N–H and O–H groups in total. The summed E-state index contributed by atoms with van der Waals surface area (Å²) in [5.41, 5.74) is 1.02. The number of morpholine rings is 1. The molecule has 1 fully saturated rings. The smallest absolute Gasteiger partial charge is 0.274 e. The molecule has 7 heteroatoms. The van der Waals surface area contributed by atoms with Gasteiger partial charge in [-0.1, -0.05) is 6.07 Å². The van der Waals surface area contributed by atoms with Crippen LogP contribution in [0.2, 0.25) is 0 Å². The first-order chi connectivity index (χ1) is 9.95. The van der Waals surface area contributed by atoms with Gasteiger partial charge >= 0.3 is 0 Å². The lowest BCUT2D eigenvalue weighted by Crippen LogP contribution is -2.44. The highest BCUT2D eigenvalue weighted by atomic mass is 16.6. The molecule has 1 aromatic carbocycles. The van der Waals surface area contributed by atoms with E-state index < -0.39 is 4.92 Å². The number of nitrogens with zero attached hydrogens (tertiary/aromatic N) is 2. The molecule has 114 valence electrons.